The van der Waals surface area contributed by atoms with Crippen molar-refractivity contribution in [1.29, 1.82) is 0 Å². The van der Waals surface area contributed by atoms with E-state index in [9.17, 15) is 27.6 Å². The highest BCUT2D eigenvalue weighted by atomic mass is 19.2. The molecule has 134 valence electrons. The van der Waals surface area contributed by atoms with Gasteiger partial charge in [-0.1, -0.05) is 18.2 Å². The Hall–Kier alpha value is -3.36. The normalized spacial score (nSPS) is 16.3. The number of nitrogens with one attached hydrogen (secondary N) is 3. The molecule has 0 saturated carbocycles. The van der Waals surface area contributed by atoms with Crippen LogP contribution in [-0.4, -0.2) is 17.7 Å². The molecule has 1 aliphatic rings. The number of ketones is 1. The van der Waals surface area contributed by atoms with E-state index in [0.717, 1.165) is 6.07 Å². The average Bonchev–Trinajstić information content (AvgIpc) is 2.72. The number of hydrogen-bond donors (Lipinski definition) is 3. The fourth-order valence-corrected chi connectivity index (χ4v) is 2.56. The van der Waals surface area contributed by atoms with E-state index in [0.29, 0.717) is 17.3 Å². The van der Waals surface area contributed by atoms with Crippen molar-refractivity contribution in [3.8, 4) is 0 Å². The lowest BCUT2D eigenvalue weighted by atomic mass is 10.0. The summed E-state index contributed by atoms with van der Waals surface area (Å²) in [6.45, 7) is 0. The van der Waals surface area contributed by atoms with E-state index >= 15 is 0 Å². The van der Waals surface area contributed by atoms with E-state index < -0.39 is 46.9 Å². The van der Waals surface area contributed by atoms with Gasteiger partial charge in [-0.15, -0.1) is 0 Å². The first kappa shape index (κ1) is 17.5. The minimum absolute atomic E-state index is 0.309. The Morgan fingerprint density at radius 2 is 1.77 bits per heavy atom. The highest BCUT2D eigenvalue weighted by Gasteiger charge is 2.29. The standard InChI is InChI=1S/C17H12F3N3O3/c18-9-5-6-11(15(20)14(9)19)22-17(26)23-12-7-13(24)16(25)21-10-4-2-1-3-8(10)12/h1-6,12H,7H2,(H,21,25)(H2,22,23,26). The first-order chi connectivity index (χ1) is 12.4. The Balaban J connectivity index is 1.82. The predicted octanol–water partition coefficient (Wildman–Crippen LogP) is 2.88. The molecule has 6 nitrogen and oxygen atoms in total. The van der Waals surface area contributed by atoms with Gasteiger partial charge in [-0.25, -0.2) is 18.0 Å². The second kappa shape index (κ2) is 6.87. The number of hydrogen-bond acceptors (Lipinski definition) is 3. The fraction of sp³-hybridized carbons (Fsp3) is 0.118. The van der Waals surface area contributed by atoms with E-state index in [-0.39, 0.29) is 6.42 Å². The molecule has 3 rings (SSSR count). The maximum atomic E-state index is 13.7. The third-order valence-corrected chi connectivity index (χ3v) is 3.82. The molecule has 0 bridgehead atoms. The molecule has 3 N–H and O–H groups in total. The number of para-hydroxylation sites is 1. The highest BCUT2D eigenvalue weighted by Crippen LogP contribution is 2.28. The van der Waals surface area contributed by atoms with E-state index in [1.165, 1.54) is 0 Å². The summed E-state index contributed by atoms with van der Waals surface area (Å²) < 4.78 is 39.8. The van der Waals surface area contributed by atoms with Crippen LogP contribution in [0.3, 0.4) is 0 Å². The number of anilines is 2. The second-order valence-corrected chi connectivity index (χ2v) is 5.54. The van der Waals surface area contributed by atoms with Gasteiger partial charge >= 0.3 is 6.03 Å². The summed E-state index contributed by atoms with van der Waals surface area (Å²) in [5.74, 6) is -6.21. The molecular formula is C17H12F3N3O3. The van der Waals surface area contributed by atoms with Crippen LogP contribution in [0, 0.1) is 17.5 Å². The zero-order valence-corrected chi connectivity index (χ0v) is 13.1. The van der Waals surface area contributed by atoms with Gasteiger partial charge in [0.1, 0.15) is 0 Å². The summed E-state index contributed by atoms with van der Waals surface area (Å²) in [5.41, 5.74) is 0.268. The third kappa shape index (κ3) is 3.37. The van der Waals surface area contributed by atoms with Crippen molar-refractivity contribution in [1.82, 2.24) is 5.32 Å². The number of halogens is 3. The first-order valence-corrected chi connectivity index (χ1v) is 7.51. The smallest absolute Gasteiger partial charge is 0.319 e. The van der Waals surface area contributed by atoms with Crippen LogP contribution in [0.4, 0.5) is 29.3 Å². The van der Waals surface area contributed by atoms with Crippen molar-refractivity contribution >= 4 is 29.1 Å². The Morgan fingerprint density at radius 1 is 1.04 bits per heavy atom. The van der Waals surface area contributed by atoms with Gasteiger partial charge in [-0.2, -0.15) is 0 Å². The molecule has 9 heteroatoms. The van der Waals surface area contributed by atoms with Gasteiger partial charge < -0.3 is 16.0 Å². The molecular weight excluding hydrogens is 351 g/mol. The van der Waals surface area contributed by atoms with Crippen LogP contribution in [0.1, 0.15) is 18.0 Å². The summed E-state index contributed by atoms with van der Waals surface area (Å²) in [5, 5.41) is 6.92. The van der Waals surface area contributed by atoms with Crippen LogP contribution < -0.4 is 16.0 Å². The number of amides is 3. The monoisotopic (exact) mass is 363 g/mol. The summed E-state index contributed by atoms with van der Waals surface area (Å²) >= 11 is 0. The second-order valence-electron chi connectivity index (χ2n) is 5.54. The SMILES string of the molecule is O=C(Nc1ccc(F)c(F)c1F)NC1CC(=O)C(=O)Nc2ccccc21. The molecule has 1 unspecified atom stereocenters. The van der Waals surface area contributed by atoms with E-state index in [4.69, 9.17) is 0 Å². The lowest BCUT2D eigenvalue weighted by molar-refractivity contribution is -0.134. The van der Waals surface area contributed by atoms with Gasteiger partial charge in [0, 0.05) is 12.1 Å². The Bertz CT molecular complexity index is 917. The summed E-state index contributed by atoms with van der Waals surface area (Å²) in [4.78, 5) is 35.6. The molecule has 0 aromatic heterocycles. The number of urea groups is 1. The number of carbonyl (C=O) groups is 3. The molecule has 2 aromatic rings. The lowest BCUT2D eigenvalue weighted by Crippen LogP contribution is -2.34. The van der Waals surface area contributed by atoms with Crippen molar-refractivity contribution in [2.45, 2.75) is 12.5 Å². The van der Waals surface area contributed by atoms with Crippen LogP contribution in [-0.2, 0) is 9.59 Å². The molecule has 26 heavy (non-hydrogen) atoms. The molecule has 2 aromatic carbocycles. The molecule has 3 amide bonds. The lowest BCUT2D eigenvalue weighted by Gasteiger charge is -2.18. The zero-order chi connectivity index (χ0) is 18.8. The molecule has 0 saturated heterocycles. The molecule has 0 spiro atoms. The largest absolute Gasteiger partial charge is 0.331 e. The molecule has 0 fully saturated rings. The summed E-state index contributed by atoms with van der Waals surface area (Å²) in [6.07, 6.45) is -0.309. The van der Waals surface area contributed by atoms with Crippen LogP contribution in [0.15, 0.2) is 36.4 Å². The van der Waals surface area contributed by atoms with Crippen molar-refractivity contribution in [2.24, 2.45) is 0 Å². The number of Topliss-reactive ketones (excluding diaryl/α,β-unsaturated/α-hetero) is 1. The van der Waals surface area contributed by atoms with Crippen LogP contribution in [0.5, 0.6) is 0 Å². The predicted molar refractivity (Wildman–Crippen MR) is 85.9 cm³/mol. The first-order valence-electron chi connectivity index (χ1n) is 7.51. The minimum atomic E-state index is -1.72. The molecule has 0 aliphatic carbocycles. The Labute approximate surface area is 145 Å². The van der Waals surface area contributed by atoms with Gasteiger partial charge in [-0.3, -0.25) is 9.59 Å². The third-order valence-electron chi connectivity index (χ3n) is 3.82. The molecule has 1 heterocycles. The summed E-state index contributed by atoms with van der Waals surface area (Å²) in [6, 6.07) is 6.18. The van der Waals surface area contributed by atoms with Gasteiger partial charge in [0.15, 0.2) is 17.5 Å². The molecule has 0 radical (unpaired) electrons. The average molecular weight is 363 g/mol. The van der Waals surface area contributed by atoms with Crippen molar-refractivity contribution in [3.63, 3.8) is 0 Å². The van der Waals surface area contributed by atoms with Gasteiger partial charge in [0.25, 0.3) is 5.91 Å². The number of rotatable bonds is 2. The summed E-state index contributed by atoms with van der Waals surface area (Å²) in [7, 11) is 0. The minimum Gasteiger partial charge on any atom is -0.331 e. The van der Waals surface area contributed by atoms with E-state index in [2.05, 4.69) is 16.0 Å². The number of carbonyl (C=O) groups excluding carboxylic acids is 3. The van der Waals surface area contributed by atoms with Crippen LogP contribution >= 0.6 is 0 Å². The maximum absolute atomic E-state index is 13.7. The number of benzene rings is 2. The van der Waals surface area contributed by atoms with Gasteiger partial charge in [0.2, 0.25) is 5.78 Å². The van der Waals surface area contributed by atoms with Crippen molar-refractivity contribution in [2.75, 3.05) is 10.6 Å². The number of fused-ring (bicyclic) bond motifs is 1. The topological polar surface area (TPSA) is 87.3 Å². The van der Waals surface area contributed by atoms with E-state index in [1.807, 2.05) is 0 Å². The Morgan fingerprint density at radius 3 is 2.54 bits per heavy atom. The van der Waals surface area contributed by atoms with Crippen LogP contribution in [0.2, 0.25) is 0 Å². The maximum Gasteiger partial charge on any atom is 0.319 e. The quantitative estimate of drug-likeness (QED) is 0.566. The van der Waals surface area contributed by atoms with Gasteiger partial charge in [-0.05, 0) is 23.8 Å². The van der Waals surface area contributed by atoms with Crippen LogP contribution in [0.25, 0.3) is 0 Å². The highest BCUT2D eigenvalue weighted by molar-refractivity contribution is 6.41. The van der Waals surface area contributed by atoms with E-state index in [1.54, 1.807) is 24.3 Å². The zero-order valence-electron chi connectivity index (χ0n) is 13.1. The molecule has 1 atom stereocenters. The van der Waals surface area contributed by atoms with Crippen molar-refractivity contribution < 1.29 is 27.6 Å². The van der Waals surface area contributed by atoms with Gasteiger partial charge in [0.05, 0.1) is 11.7 Å². The molecule has 1 aliphatic heterocycles. The van der Waals surface area contributed by atoms with Crippen molar-refractivity contribution in [3.05, 3.63) is 59.4 Å². The fourth-order valence-electron chi connectivity index (χ4n) is 2.56. The Kier molecular flexibility index (Phi) is 4.61.